The molecule has 0 amide bonds. The summed E-state index contributed by atoms with van der Waals surface area (Å²) in [5, 5.41) is 9.47. The molecule has 1 aromatic rings. The molecule has 19 heavy (non-hydrogen) atoms. The van der Waals surface area contributed by atoms with E-state index in [2.05, 4.69) is 11.8 Å². The molecule has 0 atom stereocenters. The summed E-state index contributed by atoms with van der Waals surface area (Å²) in [6.45, 7) is 4.78. The fourth-order valence-corrected chi connectivity index (χ4v) is 2.71. The first-order chi connectivity index (χ1) is 9.08. The van der Waals surface area contributed by atoms with Gasteiger partial charge in [-0.15, -0.1) is 0 Å². The van der Waals surface area contributed by atoms with Gasteiger partial charge in [0.15, 0.2) is 11.6 Å². The minimum Gasteiger partial charge on any atom is -0.396 e. The Bertz CT molecular complexity index is 422. The van der Waals surface area contributed by atoms with Crippen molar-refractivity contribution in [2.24, 2.45) is 5.41 Å². The van der Waals surface area contributed by atoms with E-state index in [0.29, 0.717) is 6.54 Å². The van der Waals surface area contributed by atoms with Gasteiger partial charge in [0, 0.05) is 13.2 Å². The van der Waals surface area contributed by atoms with Crippen LogP contribution in [0.2, 0.25) is 0 Å². The lowest BCUT2D eigenvalue weighted by molar-refractivity contribution is 0.0382. The summed E-state index contributed by atoms with van der Waals surface area (Å²) in [6, 6.07) is 4.08. The van der Waals surface area contributed by atoms with Gasteiger partial charge < -0.3 is 5.11 Å². The number of benzene rings is 1. The lowest BCUT2D eigenvalue weighted by Gasteiger charge is -2.40. The van der Waals surface area contributed by atoms with Crippen molar-refractivity contribution >= 4 is 0 Å². The monoisotopic (exact) mass is 269 g/mol. The molecule has 0 bridgehead atoms. The Morgan fingerprint density at radius 3 is 2.42 bits per heavy atom. The summed E-state index contributed by atoms with van der Waals surface area (Å²) in [6.07, 6.45) is 2.91. The Morgan fingerprint density at radius 1 is 1.21 bits per heavy atom. The normalized spacial score (nSPS) is 19.6. The number of halogens is 2. The van der Waals surface area contributed by atoms with Crippen molar-refractivity contribution in [3.05, 3.63) is 35.4 Å². The molecule has 2 rings (SSSR count). The molecular formula is C15H21F2NO. The summed E-state index contributed by atoms with van der Waals surface area (Å²) in [5.41, 5.74) is 0.858. The third kappa shape index (κ3) is 3.31. The number of likely N-dealkylation sites (tertiary alicyclic amines) is 1. The molecule has 0 aromatic heterocycles. The molecule has 4 heteroatoms. The quantitative estimate of drug-likeness (QED) is 0.908. The van der Waals surface area contributed by atoms with Crippen LogP contribution in [0.15, 0.2) is 18.2 Å². The van der Waals surface area contributed by atoms with Crippen LogP contribution in [-0.4, -0.2) is 29.7 Å². The van der Waals surface area contributed by atoms with Crippen molar-refractivity contribution in [1.29, 1.82) is 0 Å². The third-order valence-corrected chi connectivity index (χ3v) is 4.39. The zero-order chi connectivity index (χ0) is 13.9. The Hall–Kier alpha value is -1.00. The Kier molecular flexibility index (Phi) is 4.53. The highest BCUT2D eigenvalue weighted by atomic mass is 19.2. The Balaban J connectivity index is 1.93. The Labute approximate surface area is 113 Å². The summed E-state index contributed by atoms with van der Waals surface area (Å²) >= 11 is 0. The maximum atomic E-state index is 13.1. The predicted molar refractivity (Wildman–Crippen MR) is 70.7 cm³/mol. The van der Waals surface area contributed by atoms with E-state index in [4.69, 9.17) is 0 Å². The van der Waals surface area contributed by atoms with Gasteiger partial charge in [-0.2, -0.15) is 0 Å². The second kappa shape index (κ2) is 5.97. The van der Waals surface area contributed by atoms with Crippen LogP contribution >= 0.6 is 0 Å². The number of nitrogens with zero attached hydrogens (tertiary/aromatic N) is 1. The number of piperidine rings is 1. The highest BCUT2D eigenvalue weighted by Crippen LogP contribution is 2.34. The van der Waals surface area contributed by atoms with Crippen LogP contribution in [-0.2, 0) is 6.54 Å². The van der Waals surface area contributed by atoms with Crippen LogP contribution in [0.3, 0.4) is 0 Å². The molecule has 1 aliphatic rings. The molecule has 0 radical (unpaired) electrons. The van der Waals surface area contributed by atoms with E-state index in [-0.39, 0.29) is 12.0 Å². The number of hydrogen-bond acceptors (Lipinski definition) is 2. The van der Waals surface area contributed by atoms with Crippen LogP contribution < -0.4 is 0 Å². The predicted octanol–water partition coefficient (Wildman–Crippen LogP) is 2.95. The van der Waals surface area contributed by atoms with Gasteiger partial charge >= 0.3 is 0 Å². The summed E-state index contributed by atoms with van der Waals surface area (Å²) < 4.78 is 26.0. The second-order valence-corrected chi connectivity index (χ2v) is 5.54. The van der Waals surface area contributed by atoms with Crippen LogP contribution in [0.1, 0.15) is 31.7 Å². The van der Waals surface area contributed by atoms with Gasteiger partial charge in [0.25, 0.3) is 0 Å². The largest absolute Gasteiger partial charge is 0.396 e. The van der Waals surface area contributed by atoms with E-state index in [1.54, 1.807) is 6.07 Å². The zero-order valence-corrected chi connectivity index (χ0v) is 11.3. The fraction of sp³-hybridized carbons (Fsp3) is 0.600. The molecule has 1 fully saturated rings. The minimum absolute atomic E-state index is 0.0601. The number of aliphatic hydroxyl groups is 1. The summed E-state index contributed by atoms with van der Waals surface area (Å²) in [7, 11) is 0. The topological polar surface area (TPSA) is 23.5 Å². The molecule has 1 heterocycles. The van der Waals surface area contributed by atoms with Crippen LogP contribution in [0.4, 0.5) is 8.78 Å². The number of hydrogen-bond donors (Lipinski definition) is 1. The van der Waals surface area contributed by atoms with Crippen LogP contribution in [0.25, 0.3) is 0 Å². The van der Waals surface area contributed by atoms with E-state index >= 15 is 0 Å². The van der Waals surface area contributed by atoms with Gasteiger partial charge in [-0.05, 0) is 55.5 Å². The molecule has 106 valence electrons. The van der Waals surface area contributed by atoms with Crippen molar-refractivity contribution in [1.82, 2.24) is 4.90 Å². The van der Waals surface area contributed by atoms with Crippen LogP contribution in [0, 0.1) is 17.0 Å². The molecule has 1 saturated heterocycles. The third-order valence-electron chi connectivity index (χ3n) is 4.39. The molecule has 1 aliphatic heterocycles. The van der Waals surface area contributed by atoms with E-state index in [1.165, 1.54) is 12.1 Å². The second-order valence-electron chi connectivity index (χ2n) is 5.54. The van der Waals surface area contributed by atoms with Crippen LogP contribution in [0.5, 0.6) is 0 Å². The first-order valence-electron chi connectivity index (χ1n) is 6.86. The van der Waals surface area contributed by atoms with E-state index in [9.17, 15) is 13.9 Å². The molecule has 0 spiro atoms. The van der Waals surface area contributed by atoms with Gasteiger partial charge in [0.05, 0.1) is 0 Å². The van der Waals surface area contributed by atoms with E-state index in [1.807, 2.05) is 0 Å². The minimum atomic E-state index is -0.798. The average Bonchev–Trinajstić information content (AvgIpc) is 2.44. The summed E-state index contributed by atoms with van der Waals surface area (Å²) in [5.74, 6) is -1.58. The van der Waals surface area contributed by atoms with E-state index < -0.39 is 11.6 Å². The average molecular weight is 269 g/mol. The standard InChI is InChI=1S/C15H21F2NO/c1-2-15(11-19)5-7-18(8-6-15)10-12-3-4-13(16)14(17)9-12/h3-4,9,19H,2,5-8,10-11H2,1H3. The highest BCUT2D eigenvalue weighted by molar-refractivity contribution is 5.17. The number of rotatable bonds is 4. The lowest BCUT2D eigenvalue weighted by Crippen LogP contribution is -2.41. The molecule has 0 saturated carbocycles. The molecule has 2 nitrogen and oxygen atoms in total. The first kappa shape index (κ1) is 14.4. The first-order valence-corrected chi connectivity index (χ1v) is 6.86. The Morgan fingerprint density at radius 2 is 1.89 bits per heavy atom. The molecule has 1 aromatic carbocycles. The fourth-order valence-electron chi connectivity index (χ4n) is 2.71. The maximum absolute atomic E-state index is 13.1. The molecule has 1 N–H and O–H groups in total. The number of aliphatic hydroxyl groups excluding tert-OH is 1. The molecular weight excluding hydrogens is 248 g/mol. The van der Waals surface area contributed by atoms with E-state index in [0.717, 1.165) is 37.9 Å². The molecule has 0 aliphatic carbocycles. The summed E-state index contributed by atoms with van der Waals surface area (Å²) in [4.78, 5) is 2.23. The SMILES string of the molecule is CCC1(CO)CCN(Cc2ccc(F)c(F)c2)CC1. The maximum Gasteiger partial charge on any atom is 0.159 e. The van der Waals surface area contributed by atoms with Crippen molar-refractivity contribution < 1.29 is 13.9 Å². The van der Waals surface area contributed by atoms with Gasteiger partial charge in [-0.25, -0.2) is 8.78 Å². The van der Waals surface area contributed by atoms with Gasteiger partial charge in [0.1, 0.15) is 0 Å². The van der Waals surface area contributed by atoms with Crippen molar-refractivity contribution in [3.63, 3.8) is 0 Å². The van der Waals surface area contributed by atoms with Gasteiger partial charge in [-0.1, -0.05) is 13.0 Å². The lowest BCUT2D eigenvalue weighted by atomic mass is 9.77. The van der Waals surface area contributed by atoms with Gasteiger partial charge in [-0.3, -0.25) is 4.90 Å². The highest BCUT2D eigenvalue weighted by Gasteiger charge is 2.32. The molecule has 0 unspecified atom stereocenters. The van der Waals surface area contributed by atoms with Gasteiger partial charge in [0.2, 0.25) is 0 Å². The zero-order valence-electron chi connectivity index (χ0n) is 11.3. The van der Waals surface area contributed by atoms with Crippen molar-refractivity contribution in [2.75, 3.05) is 19.7 Å². The van der Waals surface area contributed by atoms with Crippen molar-refractivity contribution in [2.45, 2.75) is 32.7 Å². The smallest absolute Gasteiger partial charge is 0.159 e. The van der Waals surface area contributed by atoms with Crippen molar-refractivity contribution in [3.8, 4) is 0 Å².